The van der Waals surface area contributed by atoms with Crippen LogP contribution in [-0.4, -0.2) is 34.3 Å². The van der Waals surface area contributed by atoms with Crippen LogP contribution in [0.2, 0.25) is 0 Å². The second kappa shape index (κ2) is 14.2. The van der Waals surface area contributed by atoms with Crippen molar-refractivity contribution in [3.63, 3.8) is 0 Å². The summed E-state index contributed by atoms with van der Waals surface area (Å²) in [5.41, 5.74) is 2.24. The van der Waals surface area contributed by atoms with Gasteiger partial charge in [0.05, 0.1) is 26.8 Å². The second-order valence-electron chi connectivity index (χ2n) is 10.8. The number of nitrogens with one attached hydrogen (secondary N) is 3. The van der Waals surface area contributed by atoms with Gasteiger partial charge in [0.1, 0.15) is 0 Å². The Kier molecular flexibility index (Phi) is 10.7. The Morgan fingerprint density at radius 2 is 1.11 bits per heavy atom. The summed E-state index contributed by atoms with van der Waals surface area (Å²) in [5.74, 6) is -0.161. The molecular weight excluding hydrogens is 601 g/mol. The average molecular weight is 637 g/mol. The zero-order valence-corrected chi connectivity index (χ0v) is 26.3. The summed E-state index contributed by atoms with van der Waals surface area (Å²) in [6.07, 6.45) is 0. The van der Waals surface area contributed by atoms with Crippen LogP contribution in [0, 0.1) is 23.0 Å². The minimum absolute atomic E-state index is 0.0959. The Bertz CT molecular complexity index is 1750. The maximum atomic E-state index is 13.6. The number of non-ortho nitro benzene ring substituents is 1. The molecule has 0 saturated heterocycles. The molecule has 0 saturated carbocycles. The molecule has 3 N–H and O–H groups in total. The van der Waals surface area contributed by atoms with Gasteiger partial charge in [-0.05, 0) is 48.2 Å². The topological polar surface area (TPSA) is 148 Å². The number of aryl methyl sites for hydroxylation is 1. The van der Waals surface area contributed by atoms with E-state index in [1.54, 1.807) is 24.3 Å². The molecule has 12 heteroatoms. The number of nitrogens with zero attached hydrogens (tertiary/aromatic N) is 1. The number of nitro benzene ring substituents is 1. The Hall–Kier alpha value is -3.94. The molecule has 0 aliphatic carbocycles. The summed E-state index contributed by atoms with van der Waals surface area (Å²) >= 11 is 0. The molecule has 10 nitrogen and oxygen atoms in total. The van der Waals surface area contributed by atoms with Crippen molar-refractivity contribution in [3.05, 3.63) is 136 Å². The number of hydrogen-bond donors (Lipinski definition) is 3. The van der Waals surface area contributed by atoms with Crippen molar-refractivity contribution < 1.29 is 21.8 Å². The van der Waals surface area contributed by atoms with E-state index in [9.17, 15) is 26.9 Å². The lowest BCUT2D eigenvalue weighted by Crippen LogP contribution is -2.48. The molecule has 0 heterocycles. The van der Waals surface area contributed by atoms with Gasteiger partial charge < -0.3 is 5.32 Å². The van der Waals surface area contributed by atoms with E-state index in [0.29, 0.717) is 0 Å². The molecule has 0 aliphatic rings. The van der Waals surface area contributed by atoms with Crippen LogP contribution in [0.1, 0.15) is 42.6 Å². The first-order valence-corrected chi connectivity index (χ1v) is 17.0. The van der Waals surface area contributed by atoms with Crippen LogP contribution in [0.5, 0.6) is 0 Å². The van der Waals surface area contributed by atoms with Crippen LogP contribution in [-0.2, 0) is 20.0 Å². The van der Waals surface area contributed by atoms with Crippen LogP contribution >= 0.6 is 0 Å². The van der Waals surface area contributed by atoms with Crippen LogP contribution in [0.15, 0.2) is 119 Å². The minimum atomic E-state index is -4.02. The van der Waals surface area contributed by atoms with Crippen molar-refractivity contribution in [2.24, 2.45) is 5.92 Å². The number of hydrogen-bond acceptors (Lipinski definition) is 7. The number of sulfonamides is 2. The van der Waals surface area contributed by atoms with Crippen LogP contribution in [0.4, 0.5) is 5.69 Å². The zero-order chi connectivity index (χ0) is 31.9. The van der Waals surface area contributed by atoms with Crippen LogP contribution < -0.4 is 14.8 Å². The van der Waals surface area contributed by atoms with Crippen molar-refractivity contribution in [1.29, 1.82) is 0 Å². The molecule has 0 aliphatic heterocycles. The van der Waals surface area contributed by atoms with Crippen LogP contribution in [0.25, 0.3) is 0 Å². The zero-order valence-electron chi connectivity index (χ0n) is 24.6. The minimum Gasteiger partial charge on any atom is -0.307 e. The lowest BCUT2D eigenvalue weighted by molar-refractivity contribution is -0.384. The van der Waals surface area contributed by atoms with E-state index in [2.05, 4.69) is 14.8 Å². The second-order valence-corrected chi connectivity index (χ2v) is 14.3. The average Bonchev–Trinajstić information content (AvgIpc) is 3.01. The van der Waals surface area contributed by atoms with E-state index in [1.165, 1.54) is 12.1 Å². The molecule has 0 spiro atoms. The van der Waals surface area contributed by atoms with Crippen LogP contribution in [0.3, 0.4) is 0 Å². The Labute approximate surface area is 258 Å². The lowest BCUT2D eigenvalue weighted by atomic mass is 9.93. The highest BCUT2D eigenvalue weighted by molar-refractivity contribution is 7.89. The fraction of sp³-hybridized carbons (Fsp3) is 0.250. The summed E-state index contributed by atoms with van der Waals surface area (Å²) in [4.78, 5) is 10.5. The number of rotatable bonds is 14. The Balaban J connectivity index is 1.66. The molecule has 4 rings (SSSR count). The summed E-state index contributed by atoms with van der Waals surface area (Å²) < 4.78 is 59.5. The molecule has 232 valence electrons. The van der Waals surface area contributed by atoms with Crippen molar-refractivity contribution in [2.45, 2.75) is 48.7 Å². The largest absolute Gasteiger partial charge is 0.307 e. The van der Waals surface area contributed by atoms with E-state index in [1.807, 2.05) is 81.4 Å². The monoisotopic (exact) mass is 636 g/mol. The van der Waals surface area contributed by atoms with E-state index in [0.717, 1.165) is 28.8 Å². The molecule has 0 unspecified atom stereocenters. The molecular formula is C32H36N4O6S2. The van der Waals surface area contributed by atoms with Gasteiger partial charge in [0.2, 0.25) is 20.0 Å². The van der Waals surface area contributed by atoms with E-state index in [4.69, 9.17) is 0 Å². The van der Waals surface area contributed by atoms with Crippen molar-refractivity contribution in [2.75, 3.05) is 6.54 Å². The maximum absolute atomic E-state index is 13.6. The Morgan fingerprint density at radius 1 is 0.659 bits per heavy atom. The van der Waals surface area contributed by atoms with Gasteiger partial charge in [0.25, 0.3) is 5.69 Å². The molecule has 0 bridgehead atoms. The third kappa shape index (κ3) is 8.36. The third-order valence-corrected chi connectivity index (χ3v) is 10.3. The molecule has 4 aromatic rings. The first-order chi connectivity index (χ1) is 20.9. The molecule has 0 fully saturated rings. The summed E-state index contributed by atoms with van der Waals surface area (Å²) in [7, 11) is -7.98. The molecule has 0 amide bonds. The quantitative estimate of drug-likeness (QED) is 0.126. The number of benzene rings is 4. The third-order valence-electron chi connectivity index (χ3n) is 7.29. The van der Waals surface area contributed by atoms with Gasteiger partial charge in [-0.25, -0.2) is 26.3 Å². The molecule has 0 radical (unpaired) electrons. The van der Waals surface area contributed by atoms with Gasteiger partial charge in [-0.3, -0.25) is 10.1 Å². The highest BCUT2D eigenvalue weighted by Gasteiger charge is 2.31. The molecule has 0 aromatic heterocycles. The summed E-state index contributed by atoms with van der Waals surface area (Å²) in [5, 5.41) is 14.5. The highest BCUT2D eigenvalue weighted by Crippen LogP contribution is 2.31. The normalized spacial score (nSPS) is 14.2. The fourth-order valence-corrected chi connectivity index (χ4v) is 7.33. The fourth-order valence-electron chi connectivity index (χ4n) is 4.71. The smallest absolute Gasteiger partial charge is 0.269 e. The maximum Gasteiger partial charge on any atom is 0.269 e. The van der Waals surface area contributed by atoms with E-state index in [-0.39, 0.29) is 27.9 Å². The van der Waals surface area contributed by atoms with E-state index < -0.39 is 43.1 Å². The van der Waals surface area contributed by atoms with Crippen molar-refractivity contribution >= 4 is 25.7 Å². The van der Waals surface area contributed by atoms with Gasteiger partial charge in [-0.15, -0.1) is 0 Å². The predicted octanol–water partition coefficient (Wildman–Crippen LogP) is 5.26. The first-order valence-electron chi connectivity index (χ1n) is 14.1. The summed E-state index contributed by atoms with van der Waals surface area (Å²) in [6, 6.07) is 27.9. The van der Waals surface area contributed by atoms with Gasteiger partial charge in [-0.1, -0.05) is 92.2 Å². The van der Waals surface area contributed by atoms with Gasteiger partial charge >= 0.3 is 0 Å². The van der Waals surface area contributed by atoms with Crippen molar-refractivity contribution in [1.82, 2.24) is 14.8 Å². The molecule has 44 heavy (non-hydrogen) atoms. The first kappa shape index (κ1) is 33.0. The van der Waals surface area contributed by atoms with E-state index >= 15 is 0 Å². The Morgan fingerprint density at radius 3 is 1.59 bits per heavy atom. The predicted molar refractivity (Wildman–Crippen MR) is 170 cm³/mol. The highest BCUT2D eigenvalue weighted by atomic mass is 32.2. The number of nitro groups is 1. The lowest BCUT2D eigenvalue weighted by Gasteiger charge is -2.32. The van der Waals surface area contributed by atoms with Gasteiger partial charge in [0, 0.05) is 24.7 Å². The standard InChI is InChI=1S/C32H36N4O6S2/c1-23(2)30(34-43(39,40)29-20-16-27(17-21-29)36(37)38)22-33-31(25-10-6-4-7-11-25)32(26-12-8-5-9-13-26)35-44(41,42)28-18-14-24(3)15-19-28/h4-21,23,30-35H,22H2,1-3H3/t30-,31-,32-/m1/s1. The van der Waals surface area contributed by atoms with Crippen molar-refractivity contribution in [3.8, 4) is 0 Å². The van der Waals surface area contributed by atoms with Gasteiger partial charge in [-0.2, -0.15) is 0 Å². The van der Waals surface area contributed by atoms with Gasteiger partial charge in [0.15, 0.2) is 0 Å². The summed E-state index contributed by atoms with van der Waals surface area (Å²) in [6.45, 7) is 5.78. The molecule has 3 atom stereocenters. The molecule has 4 aromatic carbocycles. The SMILES string of the molecule is Cc1ccc(S(=O)(=O)N[C@H](c2ccccc2)[C@H](NC[C@@H](NS(=O)(=O)c2ccc([N+](=O)[O-])cc2)C(C)C)c2ccccc2)cc1.